The van der Waals surface area contributed by atoms with Gasteiger partial charge in [0.15, 0.2) is 0 Å². The zero-order valence-corrected chi connectivity index (χ0v) is 19.2. The quantitative estimate of drug-likeness (QED) is 0.662. The van der Waals surface area contributed by atoms with Crippen LogP contribution in [0.25, 0.3) is 0 Å². The highest BCUT2D eigenvalue weighted by Crippen LogP contribution is 2.26. The van der Waals surface area contributed by atoms with Crippen molar-refractivity contribution in [2.45, 2.75) is 48.3 Å². The van der Waals surface area contributed by atoms with Gasteiger partial charge in [-0.15, -0.1) is 11.8 Å². The molecule has 1 amide bonds. The second-order valence-electron chi connectivity index (χ2n) is 8.15. The topological polar surface area (TPSA) is 69.7 Å². The number of nitrogens with zero attached hydrogens (tertiary/aromatic N) is 2. The van der Waals surface area contributed by atoms with Crippen LogP contribution < -0.4 is 4.72 Å². The highest BCUT2D eigenvalue weighted by molar-refractivity contribution is 7.98. The molecular formula is C21H33N3O3S2. The maximum atomic E-state index is 13.0. The van der Waals surface area contributed by atoms with E-state index in [0.29, 0.717) is 18.0 Å². The van der Waals surface area contributed by atoms with Crippen LogP contribution in [0.5, 0.6) is 0 Å². The summed E-state index contributed by atoms with van der Waals surface area (Å²) >= 11 is 1.48. The summed E-state index contributed by atoms with van der Waals surface area (Å²) in [6, 6.07) is 4.92. The normalized spacial score (nSPS) is 19.4. The van der Waals surface area contributed by atoms with Crippen molar-refractivity contribution in [3.8, 4) is 0 Å². The summed E-state index contributed by atoms with van der Waals surface area (Å²) in [4.78, 5) is 18.2. The molecule has 2 aliphatic heterocycles. The molecule has 2 aliphatic rings. The van der Waals surface area contributed by atoms with Crippen molar-refractivity contribution in [2.75, 3.05) is 46.0 Å². The van der Waals surface area contributed by atoms with Gasteiger partial charge < -0.3 is 9.80 Å². The first-order chi connectivity index (χ1) is 13.9. The van der Waals surface area contributed by atoms with Crippen molar-refractivity contribution in [1.82, 2.24) is 14.5 Å². The van der Waals surface area contributed by atoms with Crippen molar-refractivity contribution in [3.05, 3.63) is 23.8 Å². The fourth-order valence-electron chi connectivity index (χ4n) is 4.12. The number of nitrogens with one attached hydrogen (secondary N) is 1. The maximum absolute atomic E-state index is 13.0. The molecule has 0 bridgehead atoms. The van der Waals surface area contributed by atoms with Crippen LogP contribution in [0.3, 0.4) is 0 Å². The number of sulfonamides is 1. The van der Waals surface area contributed by atoms with Gasteiger partial charge >= 0.3 is 0 Å². The third-order valence-corrected chi connectivity index (χ3v) is 8.29. The van der Waals surface area contributed by atoms with Gasteiger partial charge in [0, 0.05) is 24.5 Å². The van der Waals surface area contributed by atoms with Gasteiger partial charge in [-0.2, -0.15) is 0 Å². The fourth-order valence-corrected chi connectivity index (χ4v) is 5.76. The Balaban J connectivity index is 1.67. The molecule has 0 spiro atoms. The van der Waals surface area contributed by atoms with E-state index in [1.54, 1.807) is 18.2 Å². The molecule has 1 aromatic rings. The van der Waals surface area contributed by atoms with E-state index >= 15 is 0 Å². The largest absolute Gasteiger partial charge is 0.339 e. The van der Waals surface area contributed by atoms with Crippen molar-refractivity contribution in [3.63, 3.8) is 0 Å². The number of thioether (sulfide) groups is 1. The van der Waals surface area contributed by atoms with Crippen LogP contribution in [0, 0.1) is 5.92 Å². The number of hydrogen-bond donors (Lipinski definition) is 1. The second-order valence-corrected chi connectivity index (χ2v) is 10.8. The summed E-state index contributed by atoms with van der Waals surface area (Å²) in [5.74, 6) is 0.515. The third kappa shape index (κ3) is 5.96. The molecule has 1 N–H and O–H groups in total. The predicted octanol–water partition coefficient (Wildman–Crippen LogP) is 3.04. The summed E-state index contributed by atoms with van der Waals surface area (Å²) in [5, 5.41) is 0. The van der Waals surface area contributed by atoms with Gasteiger partial charge in [0.05, 0.1) is 10.5 Å². The van der Waals surface area contributed by atoms with Crippen molar-refractivity contribution >= 4 is 27.7 Å². The van der Waals surface area contributed by atoms with Crippen LogP contribution in [0.1, 0.15) is 48.9 Å². The molecule has 162 valence electrons. The molecule has 3 rings (SSSR count). The number of hydrogen-bond acceptors (Lipinski definition) is 5. The number of amides is 1. The standard InChI is InChI=1S/C21H33N3O3S2/c1-23-14-9-17(10-15-23)8-11-22-29(26,27)18-6-7-20(28-2)19(16-18)21(25)24-12-4-3-5-13-24/h6-7,16-17,22H,3-5,8-15H2,1-2H3. The molecule has 0 aromatic heterocycles. The van der Waals surface area contributed by atoms with E-state index in [1.807, 2.05) is 11.2 Å². The number of carbonyl (C=O) groups is 1. The molecule has 0 aliphatic carbocycles. The number of piperidine rings is 2. The average molecular weight is 440 g/mol. The molecule has 2 saturated heterocycles. The third-order valence-electron chi connectivity index (χ3n) is 6.04. The molecule has 2 heterocycles. The van der Waals surface area contributed by atoms with Gasteiger partial charge in [0.1, 0.15) is 0 Å². The number of benzene rings is 1. The van der Waals surface area contributed by atoms with Gasteiger partial charge in [-0.1, -0.05) is 0 Å². The van der Waals surface area contributed by atoms with Gasteiger partial charge in [-0.3, -0.25) is 4.79 Å². The van der Waals surface area contributed by atoms with Crippen LogP contribution in [0.4, 0.5) is 0 Å². The maximum Gasteiger partial charge on any atom is 0.255 e. The van der Waals surface area contributed by atoms with E-state index in [-0.39, 0.29) is 10.8 Å². The Morgan fingerprint density at radius 2 is 1.83 bits per heavy atom. The SMILES string of the molecule is CSc1ccc(S(=O)(=O)NCCC2CCN(C)CC2)cc1C(=O)N1CCCCC1. The summed E-state index contributed by atoms with van der Waals surface area (Å²) in [6.07, 6.45) is 8.18. The molecule has 0 atom stereocenters. The number of carbonyl (C=O) groups excluding carboxylic acids is 1. The Kier molecular flexibility index (Phi) is 8.01. The predicted molar refractivity (Wildman–Crippen MR) is 118 cm³/mol. The molecule has 8 heteroatoms. The van der Waals surface area contributed by atoms with Gasteiger partial charge in [0.2, 0.25) is 10.0 Å². The number of rotatable bonds is 7. The summed E-state index contributed by atoms with van der Waals surface area (Å²) in [7, 11) is -1.50. The minimum Gasteiger partial charge on any atom is -0.339 e. The second kappa shape index (κ2) is 10.3. The molecular weight excluding hydrogens is 406 g/mol. The van der Waals surface area contributed by atoms with Crippen LogP contribution >= 0.6 is 11.8 Å². The molecule has 2 fully saturated rings. The zero-order valence-electron chi connectivity index (χ0n) is 17.5. The highest BCUT2D eigenvalue weighted by atomic mass is 32.2. The molecule has 6 nitrogen and oxygen atoms in total. The van der Waals surface area contributed by atoms with Crippen molar-refractivity contribution < 1.29 is 13.2 Å². The van der Waals surface area contributed by atoms with Crippen LogP contribution in [0.15, 0.2) is 28.0 Å². The lowest BCUT2D eigenvalue weighted by Crippen LogP contribution is -2.36. The van der Waals surface area contributed by atoms with E-state index in [9.17, 15) is 13.2 Å². The van der Waals surface area contributed by atoms with Gasteiger partial charge in [-0.05, 0) is 89.0 Å². The first kappa shape index (κ1) is 22.6. The minimum atomic E-state index is -3.62. The van der Waals surface area contributed by atoms with E-state index < -0.39 is 10.0 Å². The van der Waals surface area contributed by atoms with Gasteiger partial charge in [-0.25, -0.2) is 13.1 Å². The van der Waals surface area contributed by atoms with Crippen molar-refractivity contribution in [2.24, 2.45) is 5.92 Å². The summed E-state index contributed by atoms with van der Waals surface area (Å²) in [6.45, 7) is 4.10. The monoisotopic (exact) mass is 439 g/mol. The first-order valence-corrected chi connectivity index (χ1v) is 13.3. The lowest BCUT2D eigenvalue weighted by Gasteiger charge is -2.28. The molecule has 0 radical (unpaired) electrons. The smallest absolute Gasteiger partial charge is 0.255 e. The highest BCUT2D eigenvalue weighted by Gasteiger charge is 2.24. The van der Waals surface area contributed by atoms with E-state index in [4.69, 9.17) is 0 Å². The molecule has 1 aromatic carbocycles. The Bertz CT molecular complexity index is 799. The van der Waals surface area contributed by atoms with Crippen molar-refractivity contribution in [1.29, 1.82) is 0 Å². The van der Waals surface area contributed by atoms with E-state index in [2.05, 4.69) is 16.7 Å². The van der Waals surface area contributed by atoms with Gasteiger partial charge in [0.25, 0.3) is 5.91 Å². The van der Waals surface area contributed by atoms with E-state index in [0.717, 1.165) is 69.6 Å². The molecule has 0 unspecified atom stereocenters. The van der Waals surface area contributed by atoms with Crippen LogP contribution in [-0.4, -0.2) is 70.2 Å². The fraction of sp³-hybridized carbons (Fsp3) is 0.667. The lowest BCUT2D eigenvalue weighted by atomic mass is 9.94. The Labute approximate surface area is 179 Å². The Hall–Kier alpha value is -1.09. The average Bonchev–Trinajstić information content (AvgIpc) is 2.74. The van der Waals surface area contributed by atoms with E-state index in [1.165, 1.54) is 11.8 Å². The lowest BCUT2D eigenvalue weighted by molar-refractivity contribution is 0.0720. The Morgan fingerprint density at radius 1 is 1.14 bits per heavy atom. The minimum absolute atomic E-state index is 0.0579. The van der Waals surface area contributed by atoms with Crippen LogP contribution in [-0.2, 0) is 10.0 Å². The Morgan fingerprint density at radius 3 is 2.48 bits per heavy atom. The zero-order chi connectivity index (χ0) is 20.9. The summed E-state index contributed by atoms with van der Waals surface area (Å²) in [5.41, 5.74) is 0.498. The molecule has 0 saturated carbocycles. The molecule has 29 heavy (non-hydrogen) atoms. The first-order valence-electron chi connectivity index (χ1n) is 10.6. The summed E-state index contributed by atoms with van der Waals surface area (Å²) < 4.78 is 28.4. The van der Waals surface area contributed by atoms with Crippen LogP contribution in [0.2, 0.25) is 0 Å². The number of likely N-dealkylation sites (tertiary alicyclic amines) is 2.